The van der Waals surface area contributed by atoms with Crippen molar-refractivity contribution in [1.29, 1.82) is 0 Å². The van der Waals surface area contributed by atoms with Crippen LogP contribution < -0.4 is 14.5 Å². The highest BCUT2D eigenvalue weighted by Crippen LogP contribution is 2.32. The topological polar surface area (TPSA) is 46.9 Å². The number of anilines is 1. The molecule has 3 rings (SSSR count). The second kappa shape index (κ2) is 8.06. The maximum atomic E-state index is 13.3. The minimum Gasteiger partial charge on any atom is -0.497 e. The summed E-state index contributed by atoms with van der Waals surface area (Å²) in [6.07, 6.45) is 0. The minimum absolute atomic E-state index is 0.000212. The van der Waals surface area contributed by atoms with Gasteiger partial charge in [-0.15, -0.1) is 0 Å². The Labute approximate surface area is 164 Å². The zero-order valence-electron chi connectivity index (χ0n) is 16.5. The van der Waals surface area contributed by atoms with Crippen LogP contribution in [0, 0.1) is 13.8 Å². The van der Waals surface area contributed by atoms with Crippen LogP contribution in [0.25, 0.3) is 10.2 Å². The number of carbonyl (C=O) groups excluding carboxylic acids is 1. The van der Waals surface area contributed by atoms with Gasteiger partial charge in [0.1, 0.15) is 5.75 Å². The molecular formula is C21H26N3O2S+. The van der Waals surface area contributed by atoms with Crippen LogP contribution in [0.15, 0.2) is 36.4 Å². The Morgan fingerprint density at radius 3 is 2.63 bits per heavy atom. The molecule has 1 aromatic heterocycles. The van der Waals surface area contributed by atoms with Crippen molar-refractivity contribution in [3.63, 3.8) is 0 Å². The highest BCUT2D eigenvalue weighted by Gasteiger charge is 2.23. The van der Waals surface area contributed by atoms with Crippen LogP contribution in [-0.4, -0.2) is 45.2 Å². The van der Waals surface area contributed by atoms with Crippen LogP contribution in [0.2, 0.25) is 0 Å². The summed E-state index contributed by atoms with van der Waals surface area (Å²) in [6, 6.07) is 11.8. The number of ether oxygens (including phenoxy) is 1. The number of nitrogens with one attached hydrogen (secondary N) is 1. The molecule has 1 heterocycles. The largest absolute Gasteiger partial charge is 0.497 e. The molecule has 1 amide bonds. The molecule has 27 heavy (non-hydrogen) atoms. The van der Waals surface area contributed by atoms with Gasteiger partial charge in [-0.1, -0.05) is 29.0 Å². The standard InChI is InChI=1S/C21H25N3O2S/c1-14-6-8-17(15(2)12-14)20(25)24(11-10-23(3)4)21-22-18-13-16(26-5)7-9-19(18)27-21/h6-9,12-13H,10-11H2,1-5H3/p+1. The first-order chi connectivity index (χ1) is 12.9. The molecule has 1 N–H and O–H groups in total. The van der Waals surface area contributed by atoms with E-state index in [0.29, 0.717) is 6.54 Å². The average molecular weight is 385 g/mol. The van der Waals surface area contributed by atoms with Crippen molar-refractivity contribution in [2.45, 2.75) is 13.8 Å². The molecule has 6 heteroatoms. The third kappa shape index (κ3) is 4.28. The number of amides is 1. The van der Waals surface area contributed by atoms with Gasteiger partial charge in [0.25, 0.3) is 5.91 Å². The van der Waals surface area contributed by atoms with Crippen LogP contribution in [0.3, 0.4) is 0 Å². The lowest BCUT2D eigenvalue weighted by Gasteiger charge is -2.21. The second-order valence-corrected chi connectivity index (χ2v) is 8.07. The molecule has 0 saturated heterocycles. The van der Waals surface area contributed by atoms with E-state index in [-0.39, 0.29) is 5.91 Å². The molecule has 0 saturated carbocycles. The van der Waals surface area contributed by atoms with Gasteiger partial charge in [-0.3, -0.25) is 9.69 Å². The fourth-order valence-electron chi connectivity index (χ4n) is 2.96. The number of aryl methyl sites for hydroxylation is 2. The lowest BCUT2D eigenvalue weighted by Crippen LogP contribution is -3.06. The van der Waals surface area contributed by atoms with E-state index in [4.69, 9.17) is 9.72 Å². The molecule has 0 spiro atoms. The molecule has 0 aliphatic rings. The van der Waals surface area contributed by atoms with Gasteiger partial charge in [0.15, 0.2) is 5.13 Å². The van der Waals surface area contributed by atoms with E-state index in [1.165, 1.54) is 16.2 Å². The number of hydrogen-bond donors (Lipinski definition) is 1. The van der Waals surface area contributed by atoms with E-state index in [9.17, 15) is 4.79 Å². The summed E-state index contributed by atoms with van der Waals surface area (Å²) < 4.78 is 6.34. The summed E-state index contributed by atoms with van der Waals surface area (Å²) in [4.78, 5) is 21.2. The number of quaternary nitrogens is 1. The molecule has 142 valence electrons. The maximum absolute atomic E-state index is 13.3. The lowest BCUT2D eigenvalue weighted by molar-refractivity contribution is -0.856. The van der Waals surface area contributed by atoms with E-state index in [1.807, 2.05) is 55.1 Å². The number of rotatable bonds is 6. The minimum atomic E-state index is -0.000212. The predicted octanol–water partition coefficient (Wildman–Crippen LogP) is 2.71. The molecule has 0 aliphatic carbocycles. The summed E-state index contributed by atoms with van der Waals surface area (Å²) in [5, 5.41) is 0.726. The second-order valence-electron chi connectivity index (χ2n) is 7.06. The van der Waals surface area contributed by atoms with Crippen molar-refractivity contribution in [1.82, 2.24) is 4.98 Å². The Balaban J connectivity index is 2.01. The SMILES string of the molecule is COc1ccc2sc(N(CC[NH+](C)C)C(=O)c3ccc(C)cc3C)nc2c1. The van der Waals surface area contributed by atoms with Crippen molar-refractivity contribution in [3.05, 3.63) is 53.1 Å². The fourth-order valence-corrected chi connectivity index (χ4v) is 3.93. The number of fused-ring (bicyclic) bond motifs is 1. The number of nitrogens with zero attached hydrogens (tertiary/aromatic N) is 2. The number of carbonyl (C=O) groups is 1. The van der Waals surface area contributed by atoms with Crippen molar-refractivity contribution in [2.24, 2.45) is 0 Å². The smallest absolute Gasteiger partial charge is 0.260 e. The monoisotopic (exact) mass is 384 g/mol. The first kappa shape index (κ1) is 19.3. The average Bonchev–Trinajstić information content (AvgIpc) is 3.04. The first-order valence-electron chi connectivity index (χ1n) is 9.02. The van der Waals surface area contributed by atoms with E-state index in [1.54, 1.807) is 7.11 Å². The van der Waals surface area contributed by atoms with Gasteiger partial charge >= 0.3 is 0 Å². The molecular weight excluding hydrogens is 358 g/mol. The number of hydrogen-bond acceptors (Lipinski definition) is 4. The Kier molecular flexibility index (Phi) is 5.77. The van der Waals surface area contributed by atoms with Crippen molar-refractivity contribution < 1.29 is 14.4 Å². The number of aromatic nitrogens is 1. The molecule has 3 aromatic rings. The quantitative estimate of drug-likeness (QED) is 0.711. The Morgan fingerprint density at radius 2 is 1.96 bits per heavy atom. The highest BCUT2D eigenvalue weighted by molar-refractivity contribution is 7.22. The van der Waals surface area contributed by atoms with Crippen LogP contribution >= 0.6 is 11.3 Å². The van der Waals surface area contributed by atoms with Crippen molar-refractivity contribution >= 4 is 32.6 Å². The van der Waals surface area contributed by atoms with Crippen molar-refractivity contribution in [2.75, 3.05) is 39.2 Å². The molecule has 0 atom stereocenters. The molecule has 2 aromatic carbocycles. The van der Waals surface area contributed by atoms with Crippen LogP contribution in [0.4, 0.5) is 5.13 Å². The van der Waals surface area contributed by atoms with Gasteiger partial charge in [-0.2, -0.15) is 0 Å². The van der Waals surface area contributed by atoms with Gasteiger partial charge in [-0.25, -0.2) is 4.98 Å². The van der Waals surface area contributed by atoms with Gasteiger partial charge in [0, 0.05) is 11.6 Å². The summed E-state index contributed by atoms with van der Waals surface area (Å²) in [6.45, 7) is 5.48. The molecule has 0 aliphatic heterocycles. The Hall–Kier alpha value is -2.44. The van der Waals surface area contributed by atoms with Crippen LogP contribution in [0.1, 0.15) is 21.5 Å². The lowest BCUT2D eigenvalue weighted by atomic mass is 10.0. The number of likely N-dealkylation sites (N-methyl/N-ethyl adjacent to an activating group) is 1. The van der Waals surface area contributed by atoms with E-state index < -0.39 is 0 Å². The third-order valence-corrected chi connectivity index (χ3v) is 5.57. The van der Waals surface area contributed by atoms with Gasteiger partial charge in [-0.05, 0) is 37.6 Å². The van der Waals surface area contributed by atoms with Gasteiger partial charge in [0.05, 0.1) is 44.5 Å². The van der Waals surface area contributed by atoms with Crippen LogP contribution in [-0.2, 0) is 0 Å². The summed E-state index contributed by atoms with van der Waals surface area (Å²) in [7, 11) is 5.82. The molecule has 0 unspecified atom stereocenters. The molecule has 5 nitrogen and oxygen atoms in total. The summed E-state index contributed by atoms with van der Waals surface area (Å²) in [5.74, 6) is 0.768. The van der Waals surface area contributed by atoms with E-state index in [2.05, 4.69) is 14.1 Å². The summed E-state index contributed by atoms with van der Waals surface area (Å²) >= 11 is 1.54. The first-order valence-corrected chi connectivity index (χ1v) is 9.83. The van der Waals surface area contributed by atoms with E-state index in [0.717, 1.165) is 44.3 Å². The van der Waals surface area contributed by atoms with Crippen molar-refractivity contribution in [3.8, 4) is 5.75 Å². The van der Waals surface area contributed by atoms with Gasteiger partial charge < -0.3 is 9.64 Å². The Morgan fingerprint density at radius 1 is 1.19 bits per heavy atom. The number of thiazole rings is 1. The Bertz CT molecular complexity index is 965. The maximum Gasteiger partial charge on any atom is 0.260 e. The zero-order chi connectivity index (χ0) is 19.6. The highest BCUT2D eigenvalue weighted by atomic mass is 32.1. The van der Waals surface area contributed by atoms with Crippen LogP contribution in [0.5, 0.6) is 5.75 Å². The molecule has 0 bridgehead atoms. The molecule has 0 fully saturated rings. The van der Waals surface area contributed by atoms with E-state index >= 15 is 0 Å². The predicted molar refractivity (Wildman–Crippen MR) is 111 cm³/mol. The molecule has 0 radical (unpaired) electrons. The number of methoxy groups -OCH3 is 1. The third-order valence-electron chi connectivity index (χ3n) is 4.51. The summed E-state index contributed by atoms with van der Waals surface area (Å²) in [5.41, 5.74) is 3.72. The fraction of sp³-hybridized carbons (Fsp3) is 0.333. The zero-order valence-corrected chi connectivity index (χ0v) is 17.3. The normalized spacial score (nSPS) is 11.2. The van der Waals surface area contributed by atoms with Gasteiger partial charge in [0.2, 0.25) is 0 Å². The number of benzene rings is 2.